The molecule has 1 rings (SSSR count). The van der Waals surface area contributed by atoms with Crippen LogP contribution in [0, 0.1) is 19.8 Å². The first-order valence-corrected chi connectivity index (χ1v) is 7.93. The molecular formula is C16H27ClN2O. The summed E-state index contributed by atoms with van der Waals surface area (Å²) < 4.78 is 5.44. The Kier molecular flexibility index (Phi) is 7.93. The van der Waals surface area contributed by atoms with Crippen molar-refractivity contribution in [3.8, 4) is 5.75 Å². The molecule has 1 aromatic heterocycles. The van der Waals surface area contributed by atoms with Gasteiger partial charge in [-0.3, -0.25) is 4.98 Å². The van der Waals surface area contributed by atoms with Crippen LogP contribution in [-0.2, 0) is 6.54 Å². The molecule has 0 saturated heterocycles. The molecule has 0 amide bonds. The number of rotatable bonds is 9. The zero-order valence-electron chi connectivity index (χ0n) is 13.1. The van der Waals surface area contributed by atoms with E-state index in [0.29, 0.717) is 5.92 Å². The smallest absolute Gasteiger partial charge is 0.128 e. The van der Waals surface area contributed by atoms with Crippen LogP contribution in [0.1, 0.15) is 43.0 Å². The molecule has 114 valence electrons. The number of aryl methyl sites for hydroxylation is 1. The van der Waals surface area contributed by atoms with Crippen molar-refractivity contribution in [1.29, 1.82) is 0 Å². The number of nitrogens with one attached hydrogen (secondary N) is 1. The third-order valence-corrected chi connectivity index (χ3v) is 3.91. The fourth-order valence-corrected chi connectivity index (χ4v) is 2.86. The van der Waals surface area contributed by atoms with Gasteiger partial charge in [-0.15, -0.1) is 11.6 Å². The van der Waals surface area contributed by atoms with Gasteiger partial charge in [0.05, 0.1) is 12.8 Å². The molecule has 20 heavy (non-hydrogen) atoms. The van der Waals surface area contributed by atoms with E-state index in [1.807, 2.05) is 13.1 Å². The Morgan fingerprint density at radius 3 is 2.70 bits per heavy atom. The largest absolute Gasteiger partial charge is 0.496 e. The third kappa shape index (κ3) is 4.95. The second kappa shape index (κ2) is 9.19. The Labute approximate surface area is 128 Å². The predicted molar refractivity (Wildman–Crippen MR) is 85.7 cm³/mol. The van der Waals surface area contributed by atoms with Crippen LogP contribution >= 0.6 is 11.6 Å². The molecule has 4 heteroatoms. The molecular weight excluding hydrogens is 272 g/mol. The van der Waals surface area contributed by atoms with Crippen molar-refractivity contribution in [3.63, 3.8) is 0 Å². The summed E-state index contributed by atoms with van der Waals surface area (Å²) in [6.45, 7) is 8.09. The van der Waals surface area contributed by atoms with E-state index in [4.69, 9.17) is 16.3 Å². The fourth-order valence-electron chi connectivity index (χ4n) is 2.56. The highest BCUT2D eigenvalue weighted by atomic mass is 35.5. The number of hydrogen-bond donors (Lipinski definition) is 1. The lowest BCUT2D eigenvalue weighted by molar-refractivity contribution is 0.404. The van der Waals surface area contributed by atoms with Gasteiger partial charge < -0.3 is 10.1 Å². The van der Waals surface area contributed by atoms with Gasteiger partial charge >= 0.3 is 0 Å². The van der Waals surface area contributed by atoms with Gasteiger partial charge in [0.15, 0.2) is 0 Å². The molecule has 1 atom stereocenters. The lowest BCUT2D eigenvalue weighted by Crippen LogP contribution is -2.24. The second-order valence-corrected chi connectivity index (χ2v) is 5.69. The van der Waals surface area contributed by atoms with Crippen LogP contribution in [0.5, 0.6) is 5.75 Å². The predicted octanol–water partition coefficient (Wildman–Crippen LogP) is 3.84. The summed E-state index contributed by atoms with van der Waals surface area (Å²) in [5, 5.41) is 3.51. The van der Waals surface area contributed by atoms with E-state index in [1.165, 1.54) is 12.8 Å². The van der Waals surface area contributed by atoms with Crippen LogP contribution < -0.4 is 10.1 Å². The molecule has 0 radical (unpaired) electrons. The topological polar surface area (TPSA) is 34.2 Å². The van der Waals surface area contributed by atoms with Gasteiger partial charge in [-0.1, -0.05) is 13.3 Å². The summed E-state index contributed by atoms with van der Waals surface area (Å²) in [7, 11) is 1.71. The van der Waals surface area contributed by atoms with E-state index in [2.05, 4.69) is 24.1 Å². The highest BCUT2D eigenvalue weighted by Crippen LogP contribution is 2.23. The number of alkyl halides is 1. The Morgan fingerprint density at radius 1 is 1.35 bits per heavy atom. The molecule has 1 heterocycles. The molecule has 1 unspecified atom stereocenters. The highest BCUT2D eigenvalue weighted by molar-refractivity contribution is 6.17. The molecule has 0 aromatic carbocycles. The Balaban J connectivity index is 2.57. The number of hydrogen-bond acceptors (Lipinski definition) is 3. The maximum atomic E-state index is 5.85. The van der Waals surface area contributed by atoms with Gasteiger partial charge in [-0.2, -0.15) is 0 Å². The van der Waals surface area contributed by atoms with E-state index >= 15 is 0 Å². The van der Waals surface area contributed by atoms with Crippen LogP contribution in [0.15, 0.2) is 6.20 Å². The summed E-state index contributed by atoms with van der Waals surface area (Å²) >= 11 is 5.85. The first kappa shape index (κ1) is 17.3. The number of halogens is 1. The van der Waals surface area contributed by atoms with E-state index < -0.39 is 0 Å². The summed E-state index contributed by atoms with van der Waals surface area (Å²) in [6.07, 6.45) is 5.39. The van der Waals surface area contributed by atoms with Crippen LogP contribution in [-0.4, -0.2) is 24.5 Å². The average molecular weight is 299 g/mol. The van der Waals surface area contributed by atoms with Crippen LogP contribution in [0.3, 0.4) is 0 Å². The molecule has 1 N–H and O–H groups in total. The van der Waals surface area contributed by atoms with Gasteiger partial charge in [0.1, 0.15) is 5.75 Å². The minimum atomic E-state index is 0.658. The summed E-state index contributed by atoms with van der Waals surface area (Å²) in [4.78, 5) is 4.51. The Hall–Kier alpha value is -0.800. The van der Waals surface area contributed by atoms with Gasteiger partial charge in [-0.25, -0.2) is 0 Å². The van der Waals surface area contributed by atoms with Crippen LogP contribution in [0.2, 0.25) is 0 Å². The zero-order chi connectivity index (χ0) is 15.0. The molecule has 0 bridgehead atoms. The van der Waals surface area contributed by atoms with Crippen molar-refractivity contribution in [1.82, 2.24) is 10.3 Å². The van der Waals surface area contributed by atoms with Gasteiger partial charge in [-0.05, 0) is 39.2 Å². The molecule has 0 spiro atoms. The normalized spacial score (nSPS) is 12.4. The number of ether oxygens (including phenoxy) is 1. The summed E-state index contributed by atoms with van der Waals surface area (Å²) in [5.74, 6) is 2.34. The zero-order valence-corrected chi connectivity index (χ0v) is 13.9. The lowest BCUT2D eigenvalue weighted by Gasteiger charge is -2.17. The van der Waals surface area contributed by atoms with Crippen molar-refractivity contribution in [3.05, 3.63) is 23.0 Å². The fraction of sp³-hybridized carbons (Fsp3) is 0.688. The standard InChI is InChI=1S/C16H27ClN2O/c1-5-6-14(7-8-17)10-18-11-15-13(3)16(20-4)12(2)9-19-15/h9,14,18H,5-8,10-11H2,1-4H3. The van der Waals surface area contributed by atoms with Crippen molar-refractivity contribution in [2.24, 2.45) is 5.92 Å². The lowest BCUT2D eigenvalue weighted by atomic mass is 10.0. The number of pyridine rings is 1. The number of methoxy groups -OCH3 is 1. The van der Waals surface area contributed by atoms with Gasteiger partial charge in [0.25, 0.3) is 0 Å². The van der Waals surface area contributed by atoms with Gasteiger partial charge in [0, 0.05) is 29.7 Å². The third-order valence-electron chi connectivity index (χ3n) is 3.69. The summed E-state index contributed by atoms with van der Waals surface area (Å²) in [5.41, 5.74) is 3.28. The molecule has 0 aliphatic rings. The maximum Gasteiger partial charge on any atom is 0.128 e. The molecule has 0 aliphatic heterocycles. The Morgan fingerprint density at radius 2 is 2.10 bits per heavy atom. The average Bonchev–Trinajstić information content (AvgIpc) is 2.42. The highest BCUT2D eigenvalue weighted by Gasteiger charge is 2.11. The van der Waals surface area contributed by atoms with Crippen LogP contribution in [0.25, 0.3) is 0 Å². The van der Waals surface area contributed by atoms with Crippen LogP contribution in [0.4, 0.5) is 0 Å². The number of nitrogens with zero attached hydrogens (tertiary/aromatic N) is 1. The molecule has 0 aliphatic carbocycles. The second-order valence-electron chi connectivity index (χ2n) is 5.31. The first-order chi connectivity index (χ1) is 9.63. The van der Waals surface area contributed by atoms with E-state index in [9.17, 15) is 0 Å². The minimum Gasteiger partial charge on any atom is -0.496 e. The number of aromatic nitrogens is 1. The van der Waals surface area contributed by atoms with Gasteiger partial charge in [0.2, 0.25) is 0 Å². The van der Waals surface area contributed by atoms with Crippen molar-refractivity contribution < 1.29 is 4.74 Å². The Bertz CT molecular complexity index is 404. The quantitative estimate of drug-likeness (QED) is 0.703. The SMILES string of the molecule is CCCC(CCCl)CNCc1ncc(C)c(OC)c1C. The monoisotopic (exact) mass is 298 g/mol. The van der Waals surface area contributed by atoms with E-state index in [-0.39, 0.29) is 0 Å². The summed E-state index contributed by atoms with van der Waals surface area (Å²) in [6, 6.07) is 0. The molecule has 1 aromatic rings. The molecule has 0 fully saturated rings. The molecule has 3 nitrogen and oxygen atoms in total. The molecule has 0 saturated carbocycles. The van der Waals surface area contributed by atoms with Crippen molar-refractivity contribution in [2.75, 3.05) is 19.5 Å². The van der Waals surface area contributed by atoms with Crippen molar-refractivity contribution >= 4 is 11.6 Å². The van der Waals surface area contributed by atoms with Crippen molar-refractivity contribution in [2.45, 2.75) is 46.6 Å². The minimum absolute atomic E-state index is 0.658. The first-order valence-electron chi connectivity index (χ1n) is 7.39. The maximum absolute atomic E-state index is 5.85. The van der Waals surface area contributed by atoms with E-state index in [0.717, 1.165) is 48.0 Å². The van der Waals surface area contributed by atoms with E-state index in [1.54, 1.807) is 7.11 Å².